The highest BCUT2D eigenvalue weighted by atomic mass is 16.1. The average Bonchev–Trinajstić information content (AvgIpc) is 2.82. The molecule has 17 heavy (non-hydrogen) atoms. The Kier molecular flexibility index (Phi) is 4.09. The first-order chi connectivity index (χ1) is 8.25. The zero-order chi connectivity index (χ0) is 12.1. The van der Waals surface area contributed by atoms with Crippen LogP contribution in [-0.4, -0.2) is 24.0 Å². The number of hydrogen-bond acceptors (Lipinski definition) is 3. The number of hydrogen-bond donors (Lipinski definition) is 2. The topological polar surface area (TPSA) is 54.0 Å². The van der Waals surface area contributed by atoms with E-state index in [-0.39, 0.29) is 11.9 Å². The van der Waals surface area contributed by atoms with Gasteiger partial charge >= 0.3 is 0 Å². The lowest BCUT2D eigenvalue weighted by Gasteiger charge is -2.15. The van der Waals surface area contributed by atoms with Crippen molar-refractivity contribution in [2.45, 2.75) is 25.8 Å². The molecule has 1 aliphatic rings. The molecular weight excluding hydrogens is 214 g/mol. The number of nitrogens with one attached hydrogen (secondary N) is 2. The van der Waals surface area contributed by atoms with E-state index >= 15 is 0 Å². The van der Waals surface area contributed by atoms with Gasteiger partial charge in [-0.15, -0.1) is 0 Å². The third-order valence-electron chi connectivity index (χ3n) is 3.22. The van der Waals surface area contributed by atoms with E-state index < -0.39 is 0 Å². The van der Waals surface area contributed by atoms with Crippen molar-refractivity contribution in [1.82, 2.24) is 15.6 Å². The number of carbonyl (C=O) groups is 1. The molecule has 2 rings (SSSR count). The van der Waals surface area contributed by atoms with Gasteiger partial charge in [-0.3, -0.25) is 9.78 Å². The predicted molar refractivity (Wildman–Crippen MR) is 66.4 cm³/mol. The van der Waals surface area contributed by atoms with Crippen LogP contribution in [0.4, 0.5) is 0 Å². The van der Waals surface area contributed by atoms with E-state index in [1.807, 2.05) is 19.1 Å². The zero-order valence-corrected chi connectivity index (χ0v) is 10.1. The van der Waals surface area contributed by atoms with Crippen LogP contribution >= 0.6 is 0 Å². The fourth-order valence-corrected chi connectivity index (χ4v) is 2.19. The van der Waals surface area contributed by atoms with Gasteiger partial charge in [-0.2, -0.15) is 0 Å². The summed E-state index contributed by atoms with van der Waals surface area (Å²) < 4.78 is 0. The molecule has 1 unspecified atom stereocenters. The molecule has 1 aromatic heterocycles. The number of nitrogens with zero attached hydrogens (tertiary/aromatic N) is 1. The molecule has 0 aromatic carbocycles. The molecule has 0 radical (unpaired) electrons. The van der Waals surface area contributed by atoms with Gasteiger partial charge < -0.3 is 10.6 Å². The van der Waals surface area contributed by atoms with Gasteiger partial charge in [-0.05, 0) is 50.0 Å². The first-order valence-corrected chi connectivity index (χ1v) is 6.15. The van der Waals surface area contributed by atoms with Crippen LogP contribution in [0.3, 0.4) is 0 Å². The molecule has 1 aromatic rings. The van der Waals surface area contributed by atoms with E-state index in [9.17, 15) is 4.79 Å². The van der Waals surface area contributed by atoms with Crippen LogP contribution < -0.4 is 10.6 Å². The summed E-state index contributed by atoms with van der Waals surface area (Å²) in [6.45, 7) is 4.01. The Morgan fingerprint density at radius 3 is 3.00 bits per heavy atom. The Balaban J connectivity index is 1.81. The molecule has 0 saturated carbocycles. The third kappa shape index (κ3) is 3.53. The SMILES string of the molecule is C[C@H](NC(=O)CC1CCNC1)c1ccncc1. The third-order valence-corrected chi connectivity index (χ3v) is 3.22. The minimum absolute atomic E-state index is 0.0554. The normalized spacial score (nSPS) is 21.1. The summed E-state index contributed by atoms with van der Waals surface area (Å²) in [4.78, 5) is 15.8. The van der Waals surface area contributed by atoms with Crippen LogP contribution in [0.15, 0.2) is 24.5 Å². The van der Waals surface area contributed by atoms with Gasteiger partial charge in [-0.25, -0.2) is 0 Å². The fraction of sp³-hybridized carbons (Fsp3) is 0.538. The van der Waals surface area contributed by atoms with Gasteiger partial charge in [0.15, 0.2) is 0 Å². The predicted octanol–water partition coefficient (Wildman–Crippen LogP) is 1.26. The Morgan fingerprint density at radius 2 is 2.35 bits per heavy atom. The first kappa shape index (κ1) is 12.0. The zero-order valence-electron chi connectivity index (χ0n) is 10.1. The standard InChI is InChI=1S/C13H19N3O/c1-10(12-3-6-14-7-4-12)16-13(17)8-11-2-5-15-9-11/h3-4,6-7,10-11,15H,2,5,8-9H2,1H3,(H,16,17)/t10-,11?/m0/s1. The van der Waals surface area contributed by atoms with Crippen LogP contribution in [0.5, 0.6) is 0 Å². The van der Waals surface area contributed by atoms with Gasteiger partial charge in [0.2, 0.25) is 5.91 Å². The molecule has 1 amide bonds. The monoisotopic (exact) mass is 233 g/mol. The van der Waals surface area contributed by atoms with Crippen molar-refractivity contribution in [3.05, 3.63) is 30.1 Å². The molecule has 0 aliphatic carbocycles. The lowest BCUT2D eigenvalue weighted by molar-refractivity contribution is -0.122. The maximum Gasteiger partial charge on any atom is 0.220 e. The summed E-state index contributed by atoms with van der Waals surface area (Å²) in [6, 6.07) is 3.92. The van der Waals surface area contributed by atoms with Crippen LogP contribution in [0.1, 0.15) is 31.4 Å². The van der Waals surface area contributed by atoms with Gasteiger partial charge in [0.25, 0.3) is 0 Å². The molecule has 0 spiro atoms. The van der Waals surface area contributed by atoms with Crippen molar-refractivity contribution in [2.24, 2.45) is 5.92 Å². The van der Waals surface area contributed by atoms with Crippen molar-refractivity contribution in [3.8, 4) is 0 Å². The molecule has 1 aliphatic heterocycles. The Morgan fingerprint density at radius 1 is 1.59 bits per heavy atom. The lowest BCUT2D eigenvalue weighted by Crippen LogP contribution is -2.28. The number of rotatable bonds is 4. The number of aromatic nitrogens is 1. The second kappa shape index (κ2) is 5.77. The highest BCUT2D eigenvalue weighted by molar-refractivity contribution is 5.76. The van der Waals surface area contributed by atoms with E-state index in [0.29, 0.717) is 12.3 Å². The van der Waals surface area contributed by atoms with Crippen molar-refractivity contribution in [1.29, 1.82) is 0 Å². The van der Waals surface area contributed by atoms with Crippen LogP contribution in [0.25, 0.3) is 0 Å². The van der Waals surface area contributed by atoms with Crippen molar-refractivity contribution < 1.29 is 4.79 Å². The molecular formula is C13H19N3O. The Labute approximate surface area is 102 Å². The molecule has 0 bridgehead atoms. The van der Waals surface area contributed by atoms with Crippen LogP contribution in [0.2, 0.25) is 0 Å². The maximum absolute atomic E-state index is 11.8. The number of pyridine rings is 1. The molecule has 2 heterocycles. The molecule has 4 heteroatoms. The van der Waals surface area contributed by atoms with E-state index in [2.05, 4.69) is 15.6 Å². The molecule has 2 N–H and O–H groups in total. The number of amides is 1. The molecule has 1 saturated heterocycles. The van der Waals surface area contributed by atoms with Crippen molar-refractivity contribution in [2.75, 3.05) is 13.1 Å². The largest absolute Gasteiger partial charge is 0.350 e. The van der Waals surface area contributed by atoms with Crippen molar-refractivity contribution in [3.63, 3.8) is 0 Å². The number of carbonyl (C=O) groups excluding carboxylic acids is 1. The van der Waals surface area contributed by atoms with Crippen molar-refractivity contribution >= 4 is 5.91 Å². The summed E-state index contributed by atoms with van der Waals surface area (Å²) >= 11 is 0. The average molecular weight is 233 g/mol. The molecule has 2 atom stereocenters. The van der Waals surface area contributed by atoms with Gasteiger partial charge in [0.1, 0.15) is 0 Å². The van der Waals surface area contributed by atoms with E-state index in [1.165, 1.54) is 0 Å². The highest BCUT2D eigenvalue weighted by Gasteiger charge is 2.19. The fourth-order valence-electron chi connectivity index (χ4n) is 2.19. The maximum atomic E-state index is 11.8. The second-order valence-corrected chi connectivity index (χ2v) is 4.63. The summed E-state index contributed by atoms with van der Waals surface area (Å²) in [5.41, 5.74) is 1.10. The quantitative estimate of drug-likeness (QED) is 0.823. The van der Waals surface area contributed by atoms with E-state index in [0.717, 1.165) is 25.1 Å². The smallest absolute Gasteiger partial charge is 0.220 e. The molecule has 92 valence electrons. The first-order valence-electron chi connectivity index (χ1n) is 6.15. The van der Waals surface area contributed by atoms with Crippen LogP contribution in [0, 0.1) is 5.92 Å². The highest BCUT2D eigenvalue weighted by Crippen LogP contribution is 2.14. The molecule has 4 nitrogen and oxygen atoms in total. The van der Waals surface area contributed by atoms with E-state index in [4.69, 9.17) is 0 Å². The van der Waals surface area contributed by atoms with Gasteiger partial charge in [0, 0.05) is 18.8 Å². The lowest BCUT2D eigenvalue weighted by atomic mass is 10.0. The summed E-state index contributed by atoms with van der Waals surface area (Å²) in [6.07, 6.45) is 5.23. The van der Waals surface area contributed by atoms with E-state index in [1.54, 1.807) is 12.4 Å². The van der Waals surface area contributed by atoms with Gasteiger partial charge in [0.05, 0.1) is 6.04 Å². The summed E-state index contributed by atoms with van der Waals surface area (Å²) in [5, 5.41) is 6.30. The summed E-state index contributed by atoms with van der Waals surface area (Å²) in [7, 11) is 0. The minimum Gasteiger partial charge on any atom is -0.350 e. The Hall–Kier alpha value is -1.42. The van der Waals surface area contributed by atoms with Crippen LogP contribution in [-0.2, 0) is 4.79 Å². The van der Waals surface area contributed by atoms with Gasteiger partial charge in [-0.1, -0.05) is 0 Å². The molecule has 1 fully saturated rings. The second-order valence-electron chi connectivity index (χ2n) is 4.63. The summed E-state index contributed by atoms with van der Waals surface area (Å²) in [5.74, 6) is 0.641. The minimum atomic E-state index is 0.0554. The Bertz CT molecular complexity index is 360.